The number of nitrogen functional groups attached to an aromatic ring is 1. The monoisotopic (exact) mass is 455 g/mol. The summed E-state index contributed by atoms with van der Waals surface area (Å²) in [6.07, 6.45) is 1.29. The minimum Gasteiger partial charge on any atom is -0.433 e. The number of nitrogens with two attached hydrogens (primary N) is 1. The van der Waals surface area contributed by atoms with E-state index in [1.165, 1.54) is 18.5 Å². The second kappa shape index (κ2) is 8.53. The average Bonchev–Trinajstić information content (AvgIpc) is 2.96. The first-order chi connectivity index (χ1) is 15.1. The van der Waals surface area contributed by atoms with Gasteiger partial charge in [0, 0.05) is 24.2 Å². The van der Waals surface area contributed by atoms with Crippen molar-refractivity contribution in [1.82, 2.24) is 19.9 Å². The summed E-state index contributed by atoms with van der Waals surface area (Å²) in [5.74, 6) is -0.0929. The van der Waals surface area contributed by atoms with Gasteiger partial charge in [-0.25, -0.2) is 4.98 Å². The van der Waals surface area contributed by atoms with Gasteiger partial charge in [-0.3, -0.25) is 4.98 Å². The number of alkyl halides is 5. The van der Waals surface area contributed by atoms with Crippen molar-refractivity contribution < 1.29 is 26.7 Å². The van der Waals surface area contributed by atoms with Crippen LogP contribution >= 0.6 is 0 Å². The highest BCUT2D eigenvalue weighted by Crippen LogP contribution is 2.43. The van der Waals surface area contributed by atoms with Crippen molar-refractivity contribution in [3.8, 4) is 17.1 Å². The van der Waals surface area contributed by atoms with E-state index in [1.54, 1.807) is 12.1 Å². The molecular weight excluding hydrogens is 433 g/mol. The highest BCUT2D eigenvalue weighted by atomic mass is 19.4. The molecule has 3 N–H and O–H groups in total. The summed E-state index contributed by atoms with van der Waals surface area (Å²) in [7, 11) is 0. The third-order valence-corrected chi connectivity index (χ3v) is 5.69. The molecule has 3 aromatic rings. The van der Waals surface area contributed by atoms with Gasteiger partial charge in [-0.1, -0.05) is 6.07 Å². The molecule has 1 unspecified atom stereocenters. The zero-order valence-electron chi connectivity index (χ0n) is 17.2. The molecule has 0 aliphatic heterocycles. The Labute approximate surface area is 180 Å². The maximum Gasteiger partial charge on any atom is 0.403 e. The van der Waals surface area contributed by atoms with E-state index in [1.807, 2.05) is 4.57 Å². The summed E-state index contributed by atoms with van der Waals surface area (Å²) in [5.41, 5.74) is 8.99. The Morgan fingerprint density at radius 1 is 1.22 bits per heavy atom. The lowest BCUT2D eigenvalue weighted by Gasteiger charge is -2.29. The predicted octanol–water partition coefficient (Wildman–Crippen LogP) is 5.05. The van der Waals surface area contributed by atoms with E-state index in [0.29, 0.717) is 33.7 Å². The molecule has 11 heteroatoms. The van der Waals surface area contributed by atoms with Gasteiger partial charge in [0.2, 0.25) is 0 Å². The summed E-state index contributed by atoms with van der Waals surface area (Å²) in [6, 6.07) is 3.30. The first-order valence-electron chi connectivity index (χ1n) is 10.1. The van der Waals surface area contributed by atoms with Crippen molar-refractivity contribution in [2.75, 3.05) is 5.73 Å². The fraction of sp³-hybridized carbons (Fsp3) is 0.429. The molecule has 0 bridgehead atoms. The van der Waals surface area contributed by atoms with Crippen molar-refractivity contribution in [3.05, 3.63) is 36.2 Å². The van der Waals surface area contributed by atoms with E-state index in [4.69, 9.17) is 5.73 Å². The lowest BCUT2D eigenvalue weighted by atomic mass is 9.92. The van der Waals surface area contributed by atoms with Gasteiger partial charge in [0.25, 0.3) is 0 Å². The fourth-order valence-corrected chi connectivity index (χ4v) is 3.68. The maximum atomic E-state index is 12.7. The molecule has 0 spiro atoms. The molecule has 0 amide bonds. The highest BCUT2D eigenvalue weighted by Gasteiger charge is 2.35. The minimum atomic E-state index is -4.33. The van der Waals surface area contributed by atoms with Gasteiger partial charge >= 0.3 is 12.8 Å². The van der Waals surface area contributed by atoms with Crippen molar-refractivity contribution in [2.45, 2.75) is 57.6 Å². The molecule has 4 rings (SSSR count). The van der Waals surface area contributed by atoms with Gasteiger partial charge in [-0.2, -0.15) is 22.0 Å². The topological polar surface area (TPSA) is 78.0 Å². The molecule has 6 nitrogen and oxygen atoms in total. The van der Waals surface area contributed by atoms with Crippen LogP contribution in [0.1, 0.15) is 37.8 Å². The number of anilines is 1. The average molecular weight is 455 g/mol. The zero-order chi connectivity index (χ0) is 23.0. The van der Waals surface area contributed by atoms with Crippen LogP contribution in [0.3, 0.4) is 0 Å². The van der Waals surface area contributed by atoms with E-state index in [9.17, 15) is 22.0 Å². The van der Waals surface area contributed by atoms with Crippen LogP contribution < -0.4 is 15.8 Å². The quantitative estimate of drug-likeness (QED) is 0.488. The third kappa shape index (κ3) is 4.34. The fourth-order valence-electron chi connectivity index (χ4n) is 3.68. The molecule has 1 aliphatic rings. The van der Waals surface area contributed by atoms with E-state index in [0.717, 1.165) is 26.2 Å². The van der Waals surface area contributed by atoms with Gasteiger partial charge in [-0.15, -0.1) is 0 Å². The van der Waals surface area contributed by atoms with Gasteiger partial charge in [0.1, 0.15) is 17.4 Å². The number of hydrogen-bond donors (Lipinski definition) is 2. The van der Waals surface area contributed by atoms with Gasteiger partial charge < -0.3 is 20.4 Å². The predicted molar refractivity (Wildman–Crippen MR) is 109 cm³/mol. The Morgan fingerprint density at radius 2 is 1.97 bits per heavy atom. The summed E-state index contributed by atoms with van der Waals surface area (Å²) in [4.78, 5) is 8.73. The van der Waals surface area contributed by atoms with Crippen molar-refractivity contribution in [3.63, 3.8) is 0 Å². The molecule has 1 aliphatic carbocycles. The lowest BCUT2D eigenvalue weighted by Crippen LogP contribution is -2.39. The SMILES string of the molecule is CC(NCc1ccc(-c2c(N)c3cc(OC(F)F)cnc3n2C2CCC2)nc1)C(F)(F)F. The number of rotatable bonds is 7. The van der Waals surface area contributed by atoms with Crippen LogP contribution in [0, 0.1) is 0 Å². The minimum absolute atomic E-state index is 0.00489. The Kier molecular flexibility index (Phi) is 5.93. The van der Waals surface area contributed by atoms with E-state index in [-0.39, 0.29) is 18.3 Å². The van der Waals surface area contributed by atoms with Crippen LogP contribution in [0.5, 0.6) is 5.75 Å². The van der Waals surface area contributed by atoms with Crippen LogP contribution in [0.15, 0.2) is 30.6 Å². The number of nitrogens with zero attached hydrogens (tertiary/aromatic N) is 3. The summed E-state index contributed by atoms with van der Waals surface area (Å²) >= 11 is 0. The second-order valence-corrected chi connectivity index (χ2v) is 7.83. The largest absolute Gasteiger partial charge is 0.433 e. The summed E-state index contributed by atoms with van der Waals surface area (Å²) < 4.78 is 69.7. The molecule has 0 saturated heterocycles. The molecule has 0 aromatic carbocycles. The van der Waals surface area contributed by atoms with Crippen LogP contribution in [0.2, 0.25) is 0 Å². The number of nitrogens with one attached hydrogen (secondary N) is 1. The number of hydrogen-bond acceptors (Lipinski definition) is 5. The Morgan fingerprint density at radius 3 is 2.53 bits per heavy atom. The normalized spacial score (nSPS) is 15.8. The zero-order valence-corrected chi connectivity index (χ0v) is 17.2. The molecule has 0 radical (unpaired) electrons. The molecule has 1 atom stereocenters. The van der Waals surface area contributed by atoms with Crippen molar-refractivity contribution in [1.29, 1.82) is 0 Å². The molecule has 32 heavy (non-hydrogen) atoms. The maximum absolute atomic E-state index is 12.7. The van der Waals surface area contributed by atoms with Crippen molar-refractivity contribution >= 4 is 16.7 Å². The number of fused-ring (bicyclic) bond motifs is 1. The van der Waals surface area contributed by atoms with E-state index >= 15 is 0 Å². The second-order valence-electron chi connectivity index (χ2n) is 7.83. The Balaban J connectivity index is 1.67. The van der Waals surface area contributed by atoms with E-state index < -0.39 is 18.8 Å². The van der Waals surface area contributed by atoms with Gasteiger partial charge in [0.05, 0.1) is 23.3 Å². The first kappa shape index (κ1) is 22.3. The summed E-state index contributed by atoms with van der Waals surface area (Å²) in [6.45, 7) is -1.92. The first-order valence-corrected chi connectivity index (χ1v) is 10.1. The van der Waals surface area contributed by atoms with Crippen molar-refractivity contribution in [2.24, 2.45) is 0 Å². The highest BCUT2D eigenvalue weighted by molar-refractivity contribution is 5.99. The van der Waals surface area contributed by atoms with E-state index in [2.05, 4.69) is 20.0 Å². The molecule has 1 fully saturated rings. The molecular formula is C21H22F5N5O. The smallest absolute Gasteiger partial charge is 0.403 e. The molecule has 1 saturated carbocycles. The summed E-state index contributed by atoms with van der Waals surface area (Å²) in [5, 5.41) is 2.90. The molecule has 172 valence electrons. The van der Waals surface area contributed by atoms with Gasteiger partial charge in [0.15, 0.2) is 0 Å². The molecule has 3 aromatic heterocycles. The Hall–Kier alpha value is -2.95. The van der Waals surface area contributed by atoms with Crippen LogP contribution in [-0.2, 0) is 6.54 Å². The molecule has 3 heterocycles. The lowest BCUT2D eigenvalue weighted by molar-refractivity contribution is -0.151. The Bertz CT molecular complexity index is 1090. The van der Waals surface area contributed by atoms with Gasteiger partial charge in [-0.05, 0) is 43.9 Å². The number of pyridine rings is 2. The third-order valence-electron chi connectivity index (χ3n) is 5.69. The van der Waals surface area contributed by atoms with Crippen LogP contribution in [0.25, 0.3) is 22.4 Å². The number of aromatic nitrogens is 3. The standard InChI is InChI=1S/C21H22F5N5O/c1-11(21(24,25)26)28-8-12-5-6-16(29-9-12)18-17(27)15-7-14(32-20(22)23)10-30-19(15)31(18)13-3-2-4-13/h5-7,9-11,13,20,28H,2-4,8,27H2,1H3. The van der Waals surface area contributed by atoms with Crippen LogP contribution in [-0.4, -0.2) is 33.4 Å². The number of halogens is 5. The number of ether oxygens (including phenoxy) is 1. The van der Waals surface area contributed by atoms with Crippen LogP contribution in [0.4, 0.5) is 27.6 Å².